The van der Waals surface area contributed by atoms with Gasteiger partial charge in [0.05, 0.1) is 0 Å². The molecule has 2 saturated carbocycles. The largest absolute Gasteiger partial charge is 0.0990 e. The predicted octanol–water partition coefficient (Wildman–Crippen LogP) is 3.95. The van der Waals surface area contributed by atoms with E-state index in [-0.39, 0.29) is 0 Å². The maximum atomic E-state index is 4.41. The second-order valence-corrected chi connectivity index (χ2v) is 6.09. The molecule has 0 saturated heterocycles. The lowest BCUT2D eigenvalue weighted by Crippen LogP contribution is -2.39. The molecule has 2 fully saturated rings. The van der Waals surface area contributed by atoms with E-state index in [0.717, 1.165) is 11.8 Å². The number of rotatable bonds is 0. The normalized spacial score (nSPS) is 48.3. The first kappa shape index (κ1) is 8.76. The van der Waals surface area contributed by atoms with Gasteiger partial charge in [0.25, 0.3) is 0 Å². The summed E-state index contributed by atoms with van der Waals surface area (Å²) >= 11 is 0. The summed E-state index contributed by atoms with van der Waals surface area (Å²) in [7, 11) is 0. The average molecular weight is 188 g/mol. The Labute approximate surface area is 87.1 Å². The molecule has 1 spiro atoms. The molecule has 2 bridgehead atoms. The number of allylic oxidation sites excluding steroid dienone is 3. The molecule has 0 amide bonds. The van der Waals surface area contributed by atoms with Gasteiger partial charge in [-0.1, -0.05) is 44.6 Å². The Balaban J connectivity index is 2.10. The molecule has 76 valence electrons. The molecule has 0 radical (unpaired) electrons. The Morgan fingerprint density at radius 2 is 2.21 bits per heavy atom. The maximum Gasteiger partial charge on any atom is -0.00467 e. The molecule has 1 unspecified atom stereocenters. The van der Waals surface area contributed by atoms with Crippen LogP contribution < -0.4 is 0 Å². The van der Waals surface area contributed by atoms with Gasteiger partial charge in [0.2, 0.25) is 0 Å². The predicted molar refractivity (Wildman–Crippen MR) is 59.9 cm³/mol. The van der Waals surface area contributed by atoms with Crippen molar-refractivity contribution in [2.75, 3.05) is 0 Å². The van der Waals surface area contributed by atoms with Crippen molar-refractivity contribution in [3.63, 3.8) is 0 Å². The molecule has 0 aliphatic heterocycles. The Morgan fingerprint density at radius 3 is 3.00 bits per heavy atom. The minimum atomic E-state index is 0.353. The smallest absolute Gasteiger partial charge is 0.00467 e. The molecule has 0 aromatic carbocycles. The highest BCUT2D eigenvalue weighted by atomic mass is 14.6. The molecule has 3 aliphatic carbocycles. The van der Waals surface area contributed by atoms with E-state index < -0.39 is 0 Å². The number of hydrogen-bond acceptors (Lipinski definition) is 0. The van der Waals surface area contributed by atoms with Crippen LogP contribution in [0.5, 0.6) is 0 Å². The fourth-order valence-electron chi connectivity index (χ4n) is 4.10. The highest BCUT2D eigenvalue weighted by Crippen LogP contribution is 2.65. The van der Waals surface area contributed by atoms with Crippen molar-refractivity contribution in [3.05, 3.63) is 24.3 Å². The topological polar surface area (TPSA) is 0 Å². The molecule has 0 nitrogen and oxygen atoms in total. The third-order valence-corrected chi connectivity index (χ3v) is 5.26. The van der Waals surface area contributed by atoms with Gasteiger partial charge in [0.1, 0.15) is 0 Å². The van der Waals surface area contributed by atoms with E-state index in [1.165, 1.54) is 31.3 Å². The molecule has 0 heterocycles. The van der Waals surface area contributed by atoms with E-state index in [4.69, 9.17) is 0 Å². The Kier molecular flexibility index (Phi) is 1.47. The summed E-state index contributed by atoms with van der Waals surface area (Å²) in [6, 6.07) is 0. The van der Waals surface area contributed by atoms with E-state index in [2.05, 4.69) is 32.6 Å². The van der Waals surface area contributed by atoms with Gasteiger partial charge in [-0.25, -0.2) is 0 Å². The van der Waals surface area contributed by atoms with Crippen LogP contribution in [0.1, 0.15) is 39.5 Å². The third kappa shape index (κ3) is 0.809. The van der Waals surface area contributed by atoms with Crippen LogP contribution in [-0.4, -0.2) is 0 Å². The molecule has 3 aliphatic rings. The summed E-state index contributed by atoms with van der Waals surface area (Å²) in [6.45, 7) is 9.18. The second-order valence-electron chi connectivity index (χ2n) is 6.09. The van der Waals surface area contributed by atoms with Crippen molar-refractivity contribution in [2.24, 2.45) is 22.7 Å². The zero-order valence-electron chi connectivity index (χ0n) is 9.34. The van der Waals surface area contributed by atoms with Crippen LogP contribution in [0.25, 0.3) is 0 Å². The minimum Gasteiger partial charge on any atom is -0.0990 e. The zero-order valence-corrected chi connectivity index (χ0v) is 9.34. The van der Waals surface area contributed by atoms with Gasteiger partial charge in [-0.05, 0) is 41.9 Å². The summed E-state index contributed by atoms with van der Waals surface area (Å²) in [5.41, 5.74) is 2.44. The summed E-state index contributed by atoms with van der Waals surface area (Å²) < 4.78 is 0. The van der Waals surface area contributed by atoms with Crippen LogP contribution in [0.3, 0.4) is 0 Å². The van der Waals surface area contributed by atoms with E-state index in [1.807, 2.05) is 0 Å². The Hall–Kier alpha value is -0.520. The van der Waals surface area contributed by atoms with Gasteiger partial charge in [0, 0.05) is 0 Å². The van der Waals surface area contributed by atoms with Gasteiger partial charge >= 0.3 is 0 Å². The Bertz CT molecular complexity index is 321. The van der Waals surface area contributed by atoms with Gasteiger partial charge in [-0.3, -0.25) is 0 Å². The lowest BCUT2D eigenvalue weighted by Gasteiger charge is -2.47. The molecular weight excluding hydrogens is 168 g/mol. The first-order valence-electron chi connectivity index (χ1n) is 5.95. The molecule has 3 rings (SSSR count). The van der Waals surface area contributed by atoms with Crippen molar-refractivity contribution in [1.82, 2.24) is 0 Å². The van der Waals surface area contributed by atoms with E-state index in [9.17, 15) is 0 Å². The van der Waals surface area contributed by atoms with Crippen LogP contribution in [0, 0.1) is 22.7 Å². The summed E-state index contributed by atoms with van der Waals surface area (Å²) in [5, 5.41) is 0. The van der Waals surface area contributed by atoms with Gasteiger partial charge in [0.15, 0.2) is 0 Å². The fourth-order valence-corrected chi connectivity index (χ4v) is 4.10. The van der Waals surface area contributed by atoms with Gasteiger partial charge in [-0.15, -0.1) is 0 Å². The average Bonchev–Trinajstić information content (AvgIpc) is 2.71. The second kappa shape index (κ2) is 2.35. The first-order chi connectivity index (χ1) is 6.56. The molecule has 0 heteroatoms. The highest BCUT2D eigenvalue weighted by Gasteiger charge is 2.55. The van der Waals surface area contributed by atoms with E-state index in [0.29, 0.717) is 10.8 Å². The fraction of sp³-hybridized carbons (Fsp3) is 0.714. The summed E-state index contributed by atoms with van der Waals surface area (Å²) in [5.74, 6) is 1.57. The zero-order chi connectivity index (χ0) is 9.97. The van der Waals surface area contributed by atoms with E-state index in [1.54, 1.807) is 0 Å². The third-order valence-electron chi connectivity index (χ3n) is 5.26. The van der Waals surface area contributed by atoms with Crippen molar-refractivity contribution >= 4 is 0 Å². The van der Waals surface area contributed by atoms with Crippen molar-refractivity contribution in [1.29, 1.82) is 0 Å². The van der Waals surface area contributed by atoms with Crippen molar-refractivity contribution < 1.29 is 0 Å². The lowest BCUT2D eigenvalue weighted by molar-refractivity contribution is 0.139. The van der Waals surface area contributed by atoms with Gasteiger partial charge in [-0.2, -0.15) is 0 Å². The van der Waals surface area contributed by atoms with Crippen LogP contribution in [0.15, 0.2) is 24.3 Å². The molecule has 0 aromatic heterocycles. The standard InChI is InChI=1S/C14H20/c1-10-12-5-4-7-14(12)8-6-11(9-14)13(10,2)3/h6,8,11-12H,1,4-5,7,9H2,2-3H3/t11-,12?,14+/m0/s1. The molecular formula is C14H20. The van der Waals surface area contributed by atoms with Crippen molar-refractivity contribution in [2.45, 2.75) is 39.5 Å². The SMILES string of the molecule is C=C1C2CCC[C@]23C=C[C@@H](C3)C1(C)C. The van der Waals surface area contributed by atoms with Crippen LogP contribution in [-0.2, 0) is 0 Å². The maximum absolute atomic E-state index is 4.41. The minimum absolute atomic E-state index is 0.353. The number of fused-ring (bicyclic) bond motifs is 1. The van der Waals surface area contributed by atoms with Crippen LogP contribution in [0.2, 0.25) is 0 Å². The molecule has 0 aromatic rings. The quantitative estimate of drug-likeness (QED) is 0.505. The van der Waals surface area contributed by atoms with E-state index >= 15 is 0 Å². The van der Waals surface area contributed by atoms with Crippen molar-refractivity contribution in [3.8, 4) is 0 Å². The highest BCUT2D eigenvalue weighted by molar-refractivity contribution is 5.33. The van der Waals surface area contributed by atoms with Crippen LogP contribution >= 0.6 is 0 Å². The van der Waals surface area contributed by atoms with Crippen LogP contribution in [0.4, 0.5) is 0 Å². The first-order valence-corrected chi connectivity index (χ1v) is 5.95. The molecule has 3 atom stereocenters. The summed E-state index contributed by atoms with van der Waals surface area (Å²) in [4.78, 5) is 0. The lowest BCUT2D eigenvalue weighted by atomic mass is 9.57. The monoisotopic (exact) mass is 188 g/mol. The molecule has 14 heavy (non-hydrogen) atoms. The summed E-state index contributed by atoms with van der Waals surface area (Å²) in [6.07, 6.45) is 10.6. The number of hydrogen-bond donors (Lipinski definition) is 0. The molecule has 0 N–H and O–H groups in total. The Morgan fingerprint density at radius 1 is 1.43 bits per heavy atom. The van der Waals surface area contributed by atoms with Gasteiger partial charge < -0.3 is 0 Å².